The van der Waals surface area contributed by atoms with Crippen molar-refractivity contribution in [2.45, 2.75) is 19.4 Å². The number of hydrogen-bond acceptors (Lipinski definition) is 3. The van der Waals surface area contributed by atoms with E-state index in [4.69, 9.17) is 5.73 Å². The van der Waals surface area contributed by atoms with Crippen LogP contribution in [0.3, 0.4) is 0 Å². The standard InChI is InChI=1S/C14H17FN4/c1-9-13(10-3-2-4-11(15)7-10)17-18-14(9)19-6-5-12(16)8-19/h2-4,7,12H,5-6,8,16H2,1H3,(H,17,18). The van der Waals surface area contributed by atoms with E-state index in [1.165, 1.54) is 12.1 Å². The van der Waals surface area contributed by atoms with Gasteiger partial charge in [0.1, 0.15) is 5.82 Å². The van der Waals surface area contributed by atoms with E-state index in [0.717, 1.165) is 42.1 Å². The predicted octanol–water partition coefficient (Wildman–Crippen LogP) is 2.06. The molecule has 2 aromatic rings. The van der Waals surface area contributed by atoms with Gasteiger partial charge in [-0.1, -0.05) is 12.1 Å². The summed E-state index contributed by atoms with van der Waals surface area (Å²) in [6.07, 6.45) is 0.988. The maximum atomic E-state index is 13.3. The summed E-state index contributed by atoms with van der Waals surface area (Å²) in [6.45, 7) is 3.76. The van der Waals surface area contributed by atoms with Crippen LogP contribution in [0.2, 0.25) is 0 Å². The minimum Gasteiger partial charge on any atom is -0.353 e. The third kappa shape index (κ3) is 2.21. The van der Waals surface area contributed by atoms with Crippen LogP contribution >= 0.6 is 0 Å². The third-order valence-electron chi connectivity index (χ3n) is 3.62. The van der Waals surface area contributed by atoms with Crippen LogP contribution in [0.1, 0.15) is 12.0 Å². The van der Waals surface area contributed by atoms with Crippen molar-refractivity contribution in [3.05, 3.63) is 35.6 Å². The van der Waals surface area contributed by atoms with Crippen LogP contribution in [0.4, 0.5) is 10.2 Å². The lowest BCUT2D eigenvalue weighted by molar-refractivity contribution is 0.628. The highest BCUT2D eigenvalue weighted by Gasteiger charge is 2.24. The van der Waals surface area contributed by atoms with Crippen molar-refractivity contribution >= 4 is 5.82 Å². The van der Waals surface area contributed by atoms with E-state index in [1.54, 1.807) is 6.07 Å². The van der Waals surface area contributed by atoms with Crippen LogP contribution in [0.5, 0.6) is 0 Å². The minimum atomic E-state index is -0.240. The molecule has 5 heteroatoms. The summed E-state index contributed by atoms with van der Waals surface area (Å²) in [5.41, 5.74) is 8.65. The molecule has 1 unspecified atom stereocenters. The number of rotatable bonds is 2. The van der Waals surface area contributed by atoms with Gasteiger partial charge in [0.25, 0.3) is 0 Å². The number of halogens is 1. The molecule has 0 spiro atoms. The second-order valence-corrected chi connectivity index (χ2v) is 5.05. The number of nitrogens with two attached hydrogens (primary N) is 1. The highest BCUT2D eigenvalue weighted by Crippen LogP contribution is 2.29. The number of hydrogen-bond donors (Lipinski definition) is 2. The molecule has 1 aliphatic heterocycles. The summed E-state index contributed by atoms with van der Waals surface area (Å²) >= 11 is 0. The highest BCUT2D eigenvalue weighted by atomic mass is 19.1. The van der Waals surface area contributed by atoms with Gasteiger partial charge in [0.05, 0.1) is 5.69 Å². The molecular weight excluding hydrogens is 243 g/mol. The van der Waals surface area contributed by atoms with Crippen molar-refractivity contribution in [1.82, 2.24) is 10.2 Å². The normalized spacial score (nSPS) is 19.1. The first-order valence-electron chi connectivity index (χ1n) is 6.46. The zero-order chi connectivity index (χ0) is 13.4. The average Bonchev–Trinajstić information content (AvgIpc) is 2.95. The van der Waals surface area contributed by atoms with Crippen LogP contribution in [-0.2, 0) is 0 Å². The quantitative estimate of drug-likeness (QED) is 0.869. The topological polar surface area (TPSA) is 57.9 Å². The molecule has 0 radical (unpaired) electrons. The molecule has 0 saturated carbocycles. The highest BCUT2D eigenvalue weighted by molar-refractivity contribution is 5.69. The summed E-state index contributed by atoms with van der Waals surface area (Å²) < 4.78 is 13.3. The molecule has 2 heterocycles. The molecule has 1 aliphatic rings. The van der Waals surface area contributed by atoms with Gasteiger partial charge in [0.2, 0.25) is 0 Å². The molecule has 1 aromatic carbocycles. The molecule has 1 saturated heterocycles. The van der Waals surface area contributed by atoms with Gasteiger partial charge in [0.15, 0.2) is 5.82 Å². The van der Waals surface area contributed by atoms with Crippen molar-refractivity contribution < 1.29 is 4.39 Å². The number of H-pyrrole nitrogens is 1. The fraction of sp³-hybridized carbons (Fsp3) is 0.357. The monoisotopic (exact) mass is 260 g/mol. The Morgan fingerprint density at radius 2 is 2.32 bits per heavy atom. The molecule has 1 aromatic heterocycles. The smallest absolute Gasteiger partial charge is 0.153 e. The Hall–Kier alpha value is -1.88. The molecule has 1 fully saturated rings. The maximum Gasteiger partial charge on any atom is 0.153 e. The van der Waals surface area contributed by atoms with Gasteiger partial charge in [-0.2, -0.15) is 5.10 Å². The summed E-state index contributed by atoms with van der Waals surface area (Å²) in [5.74, 6) is 0.684. The fourth-order valence-corrected chi connectivity index (χ4v) is 2.60. The average molecular weight is 260 g/mol. The Balaban J connectivity index is 1.95. The molecule has 4 nitrogen and oxygen atoms in total. The first kappa shape index (κ1) is 12.2. The van der Waals surface area contributed by atoms with E-state index in [2.05, 4.69) is 15.1 Å². The molecule has 0 aliphatic carbocycles. The molecule has 3 rings (SSSR count). The number of benzene rings is 1. The summed E-state index contributed by atoms with van der Waals surface area (Å²) in [7, 11) is 0. The Morgan fingerprint density at radius 3 is 3.00 bits per heavy atom. The van der Waals surface area contributed by atoms with Gasteiger partial charge in [-0.3, -0.25) is 5.10 Å². The first-order chi connectivity index (χ1) is 9.15. The van der Waals surface area contributed by atoms with Gasteiger partial charge in [-0.15, -0.1) is 0 Å². The Kier molecular flexibility index (Phi) is 2.98. The molecule has 0 amide bonds. The molecule has 19 heavy (non-hydrogen) atoms. The number of aromatic nitrogens is 2. The second-order valence-electron chi connectivity index (χ2n) is 5.05. The molecule has 1 atom stereocenters. The largest absolute Gasteiger partial charge is 0.353 e. The molecule has 100 valence electrons. The van der Waals surface area contributed by atoms with Crippen LogP contribution < -0.4 is 10.6 Å². The van der Waals surface area contributed by atoms with Crippen molar-refractivity contribution in [2.75, 3.05) is 18.0 Å². The molecule has 0 bridgehead atoms. The van der Waals surface area contributed by atoms with Crippen LogP contribution in [0.15, 0.2) is 24.3 Å². The van der Waals surface area contributed by atoms with E-state index in [1.807, 2.05) is 13.0 Å². The number of nitrogens with one attached hydrogen (secondary N) is 1. The number of anilines is 1. The molecule has 3 N–H and O–H groups in total. The summed E-state index contributed by atoms with van der Waals surface area (Å²) in [5, 5.41) is 7.37. The lowest BCUT2D eigenvalue weighted by Crippen LogP contribution is -2.26. The molecular formula is C14H17FN4. The second kappa shape index (κ2) is 4.66. The Labute approximate surface area is 111 Å². The lowest BCUT2D eigenvalue weighted by atomic mass is 10.1. The van der Waals surface area contributed by atoms with Crippen molar-refractivity contribution in [2.24, 2.45) is 5.73 Å². The van der Waals surface area contributed by atoms with E-state index < -0.39 is 0 Å². The van der Waals surface area contributed by atoms with Gasteiger partial charge in [-0.25, -0.2) is 4.39 Å². The minimum absolute atomic E-state index is 0.216. The van der Waals surface area contributed by atoms with E-state index in [-0.39, 0.29) is 11.9 Å². The number of nitrogens with zero attached hydrogens (tertiary/aromatic N) is 2. The third-order valence-corrected chi connectivity index (χ3v) is 3.62. The predicted molar refractivity (Wildman–Crippen MR) is 73.5 cm³/mol. The van der Waals surface area contributed by atoms with E-state index in [0.29, 0.717) is 0 Å². The Bertz CT molecular complexity index is 593. The lowest BCUT2D eigenvalue weighted by Gasteiger charge is -2.15. The van der Waals surface area contributed by atoms with E-state index in [9.17, 15) is 4.39 Å². The first-order valence-corrected chi connectivity index (χ1v) is 6.46. The SMILES string of the molecule is Cc1c(N2CCC(N)C2)n[nH]c1-c1cccc(F)c1. The van der Waals surface area contributed by atoms with Crippen molar-refractivity contribution in [3.8, 4) is 11.3 Å². The zero-order valence-corrected chi connectivity index (χ0v) is 10.9. The zero-order valence-electron chi connectivity index (χ0n) is 10.9. The van der Waals surface area contributed by atoms with Gasteiger partial charge in [0, 0.05) is 30.3 Å². The van der Waals surface area contributed by atoms with Crippen LogP contribution in [-0.4, -0.2) is 29.3 Å². The van der Waals surface area contributed by atoms with E-state index >= 15 is 0 Å². The fourth-order valence-electron chi connectivity index (χ4n) is 2.60. The maximum absolute atomic E-state index is 13.3. The van der Waals surface area contributed by atoms with Crippen molar-refractivity contribution in [1.29, 1.82) is 0 Å². The van der Waals surface area contributed by atoms with Crippen LogP contribution in [0.25, 0.3) is 11.3 Å². The van der Waals surface area contributed by atoms with Gasteiger partial charge < -0.3 is 10.6 Å². The van der Waals surface area contributed by atoms with Gasteiger partial charge in [-0.05, 0) is 25.5 Å². The van der Waals surface area contributed by atoms with Crippen LogP contribution in [0, 0.1) is 12.7 Å². The summed E-state index contributed by atoms with van der Waals surface area (Å²) in [4.78, 5) is 2.18. The van der Waals surface area contributed by atoms with Gasteiger partial charge >= 0.3 is 0 Å². The Morgan fingerprint density at radius 1 is 1.47 bits per heavy atom. The summed E-state index contributed by atoms with van der Waals surface area (Å²) in [6, 6.07) is 6.75. The number of aromatic amines is 1. The van der Waals surface area contributed by atoms with Crippen molar-refractivity contribution in [3.63, 3.8) is 0 Å².